The largest absolute Gasteiger partial charge is 0.306 e. The van der Waals surface area contributed by atoms with Crippen LogP contribution in [-0.2, 0) is 0 Å². The summed E-state index contributed by atoms with van der Waals surface area (Å²) in [6, 6.07) is 0. The Kier molecular flexibility index (Phi) is 6.85. The van der Waals surface area contributed by atoms with Gasteiger partial charge in [-0.3, -0.25) is 4.90 Å². The van der Waals surface area contributed by atoms with Crippen LogP contribution in [0.5, 0.6) is 0 Å². The minimum Gasteiger partial charge on any atom is -0.306 e. The Labute approximate surface area is 171 Å². The van der Waals surface area contributed by atoms with E-state index in [-0.39, 0.29) is 0 Å². The first-order valence-electron chi connectivity index (χ1n) is 11.6. The van der Waals surface area contributed by atoms with Gasteiger partial charge in [-0.25, -0.2) is 0 Å². The van der Waals surface area contributed by atoms with E-state index < -0.39 is 0 Å². The topological polar surface area (TPSA) is 6.48 Å². The van der Waals surface area contributed by atoms with Gasteiger partial charge in [0, 0.05) is 18.6 Å². The second-order valence-electron chi connectivity index (χ2n) is 12.8. The number of piperidine rings is 1. The van der Waals surface area contributed by atoms with Crippen molar-refractivity contribution in [1.82, 2.24) is 9.80 Å². The molecule has 0 radical (unpaired) electrons. The van der Waals surface area contributed by atoms with Gasteiger partial charge in [0.15, 0.2) is 0 Å². The zero-order valence-electron chi connectivity index (χ0n) is 20.4. The van der Waals surface area contributed by atoms with Crippen LogP contribution in [0, 0.1) is 28.1 Å². The van der Waals surface area contributed by atoms with Gasteiger partial charge in [0.05, 0.1) is 0 Å². The van der Waals surface area contributed by atoms with Crippen LogP contribution in [0.4, 0.5) is 0 Å². The Balaban J connectivity index is 1.91. The van der Waals surface area contributed by atoms with Crippen molar-refractivity contribution in [2.24, 2.45) is 28.1 Å². The van der Waals surface area contributed by atoms with E-state index in [1.807, 2.05) is 0 Å². The number of hydrogen-bond acceptors (Lipinski definition) is 2. The van der Waals surface area contributed by atoms with E-state index in [1.54, 1.807) is 0 Å². The smallest absolute Gasteiger partial charge is 0.0158 e. The maximum absolute atomic E-state index is 2.79. The van der Waals surface area contributed by atoms with Crippen LogP contribution in [-0.4, -0.2) is 48.6 Å². The summed E-state index contributed by atoms with van der Waals surface area (Å²) in [5.74, 6) is 1.74. The molecule has 0 unspecified atom stereocenters. The molecule has 2 heteroatoms. The van der Waals surface area contributed by atoms with Crippen LogP contribution in [0.1, 0.15) is 94.4 Å². The fraction of sp³-hybridized carbons (Fsp3) is 1.00. The molecule has 0 aliphatic carbocycles. The van der Waals surface area contributed by atoms with Gasteiger partial charge >= 0.3 is 0 Å². The van der Waals surface area contributed by atoms with Crippen molar-refractivity contribution in [1.29, 1.82) is 0 Å². The second kappa shape index (κ2) is 7.98. The fourth-order valence-corrected chi connectivity index (χ4v) is 6.13. The van der Waals surface area contributed by atoms with Crippen molar-refractivity contribution in [2.75, 3.05) is 33.2 Å². The first kappa shape index (κ1) is 23.2. The Morgan fingerprint density at radius 3 is 1.70 bits per heavy atom. The lowest BCUT2D eigenvalue weighted by atomic mass is 9.63. The monoisotopic (exact) mass is 378 g/mol. The predicted octanol–water partition coefficient (Wildman–Crippen LogP) is 6.31. The molecule has 0 spiro atoms. The summed E-state index contributed by atoms with van der Waals surface area (Å²) in [4.78, 5) is 5.28. The minimum atomic E-state index is 0.319. The highest BCUT2D eigenvalue weighted by Crippen LogP contribution is 2.48. The normalized spacial score (nSPS) is 22.9. The maximum atomic E-state index is 2.79. The van der Waals surface area contributed by atoms with Gasteiger partial charge in [0.25, 0.3) is 0 Å². The molecule has 2 aliphatic rings. The highest BCUT2D eigenvalue weighted by Gasteiger charge is 2.47. The Morgan fingerprint density at radius 2 is 1.22 bits per heavy atom. The van der Waals surface area contributed by atoms with Crippen molar-refractivity contribution in [3.05, 3.63) is 0 Å². The molecule has 0 amide bonds. The van der Waals surface area contributed by atoms with Crippen LogP contribution in [0.15, 0.2) is 0 Å². The molecule has 2 aliphatic heterocycles. The fourth-order valence-electron chi connectivity index (χ4n) is 6.13. The lowest BCUT2D eigenvalue weighted by molar-refractivity contribution is -0.0795. The Hall–Kier alpha value is -0.0800. The molecule has 0 aromatic heterocycles. The van der Waals surface area contributed by atoms with Crippen molar-refractivity contribution in [2.45, 2.75) is 100.0 Å². The number of likely N-dealkylation sites (tertiary alicyclic amines) is 2. The number of hydrogen-bond donors (Lipinski definition) is 0. The molecule has 0 atom stereocenters. The molecule has 2 saturated heterocycles. The van der Waals surface area contributed by atoms with Gasteiger partial charge in [-0.05, 0) is 87.7 Å². The summed E-state index contributed by atoms with van der Waals surface area (Å²) >= 11 is 0. The van der Waals surface area contributed by atoms with Gasteiger partial charge in [0.2, 0.25) is 0 Å². The second-order valence-corrected chi connectivity index (χ2v) is 12.8. The molecule has 2 heterocycles. The van der Waals surface area contributed by atoms with Gasteiger partial charge in [-0.2, -0.15) is 0 Å². The van der Waals surface area contributed by atoms with Crippen molar-refractivity contribution in [3.63, 3.8) is 0 Å². The molecular weight excluding hydrogens is 328 g/mol. The molecule has 27 heavy (non-hydrogen) atoms. The average Bonchev–Trinajstić information content (AvgIpc) is 2.42. The van der Waals surface area contributed by atoms with E-state index in [0.717, 1.165) is 11.8 Å². The van der Waals surface area contributed by atoms with Gasteiger partial charge < -0.3 is 4.90 Å². The molecule has 160 valence electrons. The highest BCUT2D eigenvalue weighted by atomic mass is 15.2. The van der Waals surface area contributed by atoms with Crippen LogP contribution in [0.3, 0.4) is 0 Å². The average molecular weight is 379 g/mol. The summed E-state index contributed by atoms with van der Waals surface area (Å²) in [6.07, 6.45) is 6.70. The summed E-state index contributed by atoms with van der Waals surface area (Å²) in [7, 11) is 2.27. The summed E-state index contributed by atoms with van der Waals surface area (Å²) in [5, 5.41) is 0. The maximum Gasteiger partial charge on any atom is 0.0158 e. The molecule has 2 rings (SSSR count). The van der Waals surface area contributed by atoms with Crippen LogP contribution < -0.4 is 0 Å². The van der Waals surface area contributed by atoms with Crippen LogP contribution in [0.25, 0.3) is 0 Å². The van der Waals surface area contributed by atoms with Gasteiger partial charge in [-0.1, -0.05) is 54.9 Å². The third-order valence-electron chi connectivity index (χ3n) is 8.45. The van der Waals surface area contributed by atoms with Gasteiger partial charge in [-0.15, -0.1) is 0 Å². The highest BCUT2D eigenvalue weighted by molar-refractivity contribution is 5.00. The first-order chi connectivity index (χ1) is 12.2. The zero-order valence-corrected chi connectivity index (χ0v) is 20.4. The van der Waals surface area contributed by atoms with Crippen molar-refractivity contribution >= 4 is 0 Å². The quantitative estimate of drug-likeness (QED) is 0.488. The molecule has 0 aromatic rings. The third-order valence-corrected chi connectivity index (χ3v) is 8.45. The lowest BCUT2D eigenvalue weighted by Crippen LogP contribution is -2.62. The molecule has 0 N–H and O–H groups in total. The molecule has 0 bridgehead atoms. The van der Waals surface area contributed by atoms with Gasteiger partial charge in [0.1, 0.15) is 0 Å². The standard InChI is InChI=1S/C25H50N2/c1-11-22(2,3)18-23(4,5)21-16-27(17-21)25(8,9)19-24(6,7)20-12-14-26(10)15-13-20/h20-21H,11-19H2,1-10H3. The summed E-state index contributed by atoms with van der Waals surface area (Å²) in [6.45, 7) is 27.5. The van der Waals surface area contributed by atoms with E-state index in [9.17, 15) is 0 Å². The molecular formula is C25H50N2. The number of nitrogens with zero attached hydrogens (tertiary/aromatic N) is 2. The number of rotatable bonds is 8. The van der Waals surface area contributed by atoms with Crippen LogP contribution in [0.2, 0.25) is 0 Å². The summed E-state index contributed by atoms with van der Waals surface area (Å²) in [5.41, 5.74) is 1.68. The first-order valence-corrected chi connectivity index (χ1v) is 11.6. The van der Waals surface area contributed by atoms with E-state index in [4.69, 9.17) is 0 Å². The minimum absolute atomic E-state index is 0.319. The Bertz CT molecular complexity index is 475. The molecule has 2 nitrogen and oxygen atoms in total. The Morgan fingerprint density at radius 1 is 0.741 bits per heavy atom. The molecule has 0 saturated carbocycles. The zero-order chi connectivity index (χ0) is 20.7. The predicted molar refractivity (Wildman–Crippen MR) is 120 cm³/mol. The lowest BCUT2D eigenvalue weighted by Gasteiger charge is -2.57. The van der Waals surface area contributed by atoms with E-state index in [2.05, 4.69) is 79.2 Å². The van der Waals surface area contributed by atoms with E-state index >= 15 is 0 Å². The molecule has 0 aromatic carbocycles. The van der Waals surface area contributed by atoms with Crippen molar-refractivity contribution < 1.29 is 0 Å². The summed E-state index contributed by atoms with van der Waals surface area (Å²) < 4.78 is 0. The molecule has 2 fully saturated rings. The van der Waals surface area contributed by atoms with E-state index in [0.29, 0.717) is 21.8 Å². The third kappa shape index (κ3) is 5.72. The van der Waals surface area contributed by atoms with Crippen molar-refractivity contribution in [3.8, 4) is 0 Å². The van der Waals surface area contributed by atoms with E-state index in [1.165, 1.54) is 58.3 Å². The SMILES string of the molecule is CCC(C)(C)CC(C)(C)C1CN(C(C)(C)CC(C)(C)C2CCN(C)CC2)C1. The van der Waals surface area contributed by atoms with Crippen LogP contribution >= 0.6 is 0 Å².